The van der Waals surface area contributed by atoms with Gasteiger partial charge in [0.25, 0.3) is 0 Å². The summed E-state index contributed by atoms with van der Waals surface area (Å²) in [5.41, 5.74) is 4.08. The van der Waals surface area contributed by atoms with Gasteiger partial charge < -0.3 is 14.6 Å². The van der Waals surface area contributed by atoms with Crippen molar-refractivity contribution in [2.75, 3.05) is 25.0 Å². The molecule has 1 amide bonds. The molecule has 37 heavy (non-hydrogen) atoms. The van der Waals surface area contributed by atoms with Gasteiger partial charge in [0.15, 0.2) is 0 Å². The summed E-state index contributed by atoms with van der Waals surface area (Å²) in [5.74, 6) is 1.83. The van der Waals surface area contributed by atoms with E-state index in [1.54, 1.807) is 0 Å². The Morgan fingerprint density at radius 1 is 1.08 bits per heavy atom. The molecule has 0 spiro atoms. The fourth-order valence-electron chi connectivity index (χ4n) is 4.66. The average molecular weight is 497 g/mol. The van der Waals surface area contributed by atoms with Gasteiger partial charge in [0.1, 0.15) is 5.75 Å². The van der Waals surface area contributed by atoms with E-state index in [4.69, 9.17) is 9.26 Å². The lowest BCUT2D eigenvalue weighted by molar-refractivity contribution is -0.121. The van der Waals surface area contributed by atoms with Crippen LogP contribution in [0.1, 0.15) is 29.9 Å². The monoisotopic (exact) mass is 496 g/mol. The van der Waals surface area contributed by atoms with Crippen LogP contribution in [0.25, 0.3) is 11.4 Å². The lowest BCUT2D eigenvalue weighted by Gasteiger charge is -2.30. The number of ether oxygens (including phenoxy) is 1. The number of aromatic nitrogens is 2. The first-order chi connectivity index (χ1) is 18.1. The molecule has 0 aliphatic carbocycles. The number of nitrogens with zero attached hydrogens (tertiary/aromatic N) is 3. The van der Waals surface area contributed by atoms with Crippen LogP contribution in [0.2, 0.25) is 0 Å². The second kappa shape index (κ2) is 11.8. The van der Waals surface area contributed by atoms with Gasteiger partial charge in [-0.1, -0.05) is 65.3 Å². The number of amides is 1. The van der Waals surface area contributed by atoms with E-state index in [0.29, 0.717) is 31.4 Å². The van der Waals surface area contributed by atoms with Crippen LogP contribution in [-0.2, 0) is 17.8 Å². The Bertz CT molecular complexity index is 1320. The van der Waals surface area contributed by atoms with E-state index in [2.05, 4.69) is 32.5 Å². The molecular formula is C30H32N4O3. The first-order valence-corrected chi connectivity index (χ1v) is 12.8. The minimum atomic E-state index is -0.101. The van der Waals surface area contributed by atoms with Crippen molar-refractivity contribution in [1.82, 2.24) is 15.0 Å². The van der Waals surface area contributed by atoms with E-state index in [0.717, 1.165) is 48.4 Å². The van der Waals surface area contributed by atoms with E-state index >= 15 is 0 Å². The molecule has 1 saturated heterocycles. The number of carbonyl (C=O) groups excluding carboxylic acids is 1. The first-order valence-electron chi connectivity index (χ1n) is 12.8. The Labute approximate surface area is 217 Å². The van der Waals surface area contributed by atoms with Crippen molar-refractivity contribution in [3.63, 3.8) is 0 Å². The summed E-state index contributed by atoms with van der Waals surface area (Å²) in [6.45, 7) is 4.71. The molecule has 0 radical (unpaired) electrons. The molecule has 1 fully saturated rings. The Hall–Kier alpha value is -3.97. The van der Waals surface area contributed by atoms with Crippen LogP contribution in [0, 0.1) is 12.8 Å². The molecule has 0 bridgehead atoms. The summed E-state index contributed by atoms with van der Waals surface area (Å²) in [4.78, 5) is 19.9. The zero-order valence-corrected chi connectivity index (χ0v) is 21.1. The van der Waals surface area contributed by atoms with E-state index in [9.17, 15) is 4.79 Å². The van der Waals surface area contributed by atoms with Gasteiger partial charge in [0, 0.05) is 30.3 Å². The fourth-order valence-corrected chi connectivity index (χ4v) is 4.66. The second-order valence-electron chi connectivity index (χ2n) is 9.56. The van der Waals surface area contributed by atoms with Gasteiger partial charge in [-0.05, 0) is 50.1 Å². The standard InChI is InChI=1S/C30H32N4O3/c1-22-8-5-11-24(18-22)29-32-28(37-33-29)21-34-16-7-12-25(20-34)30(35)31-26-13-6-14-27(19-26)36-17-15-23-9-3-2-4-10-23/h2-6,8-11,13-14,18-19,25H,7,12,15-17,20-21H2,1H3,(H,31,35). The highest BCUT2D eigenvalue weighted by atomic mass is 16.5. The third-order valence-corrected chi connectivity index (χ3v) is 6.58. The second-order valence-corrected chi connectivity index (χ2v) is 9.56. The predicted molar refractivity (Wildman–Crippen MR) is 143 cm³/mol. The molecule has 3 aromatic carbocycles. The highest BCUT2D eigenvalue weighted by molar-refractivity contribution is 5.92. The largest absolute Gasteiger partial charge is 0.493 e. The van der Waals surface area contributed by atoms with E-state index in [1.165, 1.54) is 5.56 Å². The molecule has 1 N–H and O–H groups in total. The number of hydrogen-bond acceptors (Lipinski definition) is 6. The van der Waals surface area contributed by atoms with Crippen molar-refractivity contribution < 1.29 is 14.1 Å². The van der Waals surface area contributed by atoms with Crippen molar-refractivity contribution in [2.24, 2.45) is 5.92 Å². The lowest BCUT2D eigenvalue weighted by Crippen LogP contribution is -2.40. The maximum atomic E-state index is 13.1. The van der Waals surface area contributed by atoms with Crippen molar-refractivity contribution in [2.45, 2.75) is 32.7 Å². The van der Waals surface area contributed by atoms with E-state index in [1.807, 2.05) is 73.7 Å². The van der Waals surface area contributed by atoms with Crippen molar-refractivity contribution in [1.29, 1.82) is 0 Å². The Morgan fingerprint density at radius 2 is 1.95 bits per heavy atom. The van der Waals surface area contributed by atoms with Crippen LogP contribution < -0.4 is 10.1 Å². The molecule has 1 aliphatic heterocycles. The maximum Gasteiger partial charge on any atom is 0.241 e. The highest BCUT2D eigenvalue weighted by Gasteiger charge is 2.27. The SMILES string of the molecule is Cc1cccc(-c2noc(CN3CCCC(C(=O)Nc4cccc(OCCc5ccccc5)c4)C3)n2)c1. The van der Waals surface area contributed by atoms with Crippen LogP contribution in [0.5, 0.6) is 5.75 Å². The number of anilines is 1. The third kappa shape index (κ3) is 6.83. The van der Waals surface area contributed by atoms with Crippen molar-refractivity contribution >= 4 is 11.6 Å². The molecule has 1 aliphatic rings. The topological polar surface area (TPSA) is 80.5 Å². The van der Waals surface area contributed by atoms with Crippen molar-refractivity contribution in [3.05, 3.63) is 95.9 Å². The van der Waals surface area contributed by atoms with Gasteiger partial charge in [0.05, 0.1) is 19.1 Å². The molecule has 7 heteroatoms. The van der Waals surface area contributed by atoms with Gasteiger partial charge in [-0.2, -0.15) is 4.98 Å². The van der Waals surface area contributed by atoms with Crippen LogP contribution in [-0.4, -0.2) is 40.6 Å². The van der Waals surface area contributed by atoms with E-state index in [-0.39, 0.29) is 11.8 Å². The zero-order chi connectivity index (χ0) is 25.5. The van der Waals surface area contributed by atoms with Crippen LogP contribution in [0.3, 0.4) is 0 Å². The quantitative estimate of drug-likeness (QED) is 0.329. The number of hydrogen-bond donors (Lipinski definition) is 1. The molecule has 1 aromatic heterocycles. The summed E-state index contributed by atoms with van der Waals surface area (Å²) < 4.78 is 11.4. The Balaban J connectivity index is 1.13. The number of aryl methyl sites for hydroxylation is 1. The van der Waals surface area contributed by atoms with Crippen molar-refractivity contribution in [3.8, 4) is 17.1 Å². The Morgan fingerprint density at radius 3 is 2.81 bits per heavy atom. The number of piperidine rings is 1. The van der Waals surface area contributed by atoms with Crippen LogP contribution in [0.15, 0.2) is 83.4 Å². The number of nitrogens with one attached hydrogen (secondary N) is 1. The molecule has 190 valence electrons. The number of rotatable bonds is 9. The zero-order valence-electron chi connectivity index (χ0n) is 21.1. The summed E-state index contributed by atoms with van der Waals surface area (Å²) in [5, 5.41) is 7.22. The number of benzene rings is 3. The summed E-state index contributed by atoms with van der Waals surface area (Å²) >= 11 is 0. The lowest BCUT2D eigenvalue weighted by atomic mass is 9.97. The molecule has 4 aromatic rings. The predicted octanol–water partition coefficient (Wildman–Crippen LogP) is 5.52. The van der Waals surface area contributed by atoms with Crippen LogP contribution >= 0.6 is 0 Å². The average Bonchev–Trinajstić information content (AvgIpc) is 3.38. The molecule has 1 atom stereocenters. The fraction of sp³-hybridized carbons (Fsp3) is 0.300. The molecule has 0 saturated carbocycles. The number of carbonyl (C=O) groups is 1. The van der Waals surface area contributed by atoms with Gasteiger partial charge >= 0.3 is 0 Å². The maximum absolute atomic E-state index is 13.1. The van der Waals surface area contributed by atoms with E-state index < -0.39 is 0 Å². The summed E-state index contributed by atoms with van der Waals surface area (Å²) in [6.07, 6.45) is 2.63. The third-order valence-electron chi connectivity index (χ3n) is 6.58. The minimum absolute atomic E-state index is 0.0251. The van der Waals surface area contributed by atoms with Gasteiger partial charge in [-0.15, -0.1) is 0 Å². The Kier molecular flexibility index (Phi) is 7.91. The highest BCUT2D eigenvalue weighted by Crippen LogP contribution is 2.23. The van der Waals surface area contributed by atoms with Gasteiger partial charge in [-0.25, -0.2) is 0 Å². The van der Waals surface area contributed by atoms with Gasteiger partial charge in [0.2, 0.25) is 17.6 Å². The van der Waals surface area contributed by atoms with Crippen LogP contribution in [0.4, 0.5) is 5.69 Å². The number of likely N-dealkylation sites (tertiary alicyclic amines) is 1. The normalized spacial score (nSPS) is 15.9. The molecule has 1 unspecified atom stereocenters. The molecule has 5 rings (SSSR count). The minimum Gasteiger partial charge on any atom is -0.493 e. The molecular weight excluding hydrogens is 464 g/mol. The molecule has 7 nitrogen and oxygen atoms in total. The smallest absolute Gasteiger partial charge is 0.241 e. The molecule has 2 heterocycles. The summed E-state index contributed by atoms with van der Waals surface area (Å²) in [7, 11) is 0. The first kappa shape index (κ1) is 24.7. The van der Waals surface area contributed by atoms with Gasteiger partial charge in [-0.3, -0.25) is 9.69 Å². The summed E-state index contributed by atoms with van der Waals surface area (Å²) in [6, 6.07) is 25.9.